The van der Waals surface area contributed by atoms with E-state index < -0.39 is 0 Å². The first-order chi connectivity index (χ1) is 7.25. The van der Waals surface area contributed by atoms with Crippen molar-refractivity contribution >= 4 is 22.6 Å². The first kappa shape index (κ1) is 11.3. The van der Waals surface area contributed by atoms with Crippen LogP contribution in [0, 0.1) is 9.39 Å². The Labute approximate surface area is 103 Å². The molecule has 15 heavy (non-hydrogen) atoms. The first-order valence-corrected chi connectivity index (χ1v) is 6.20. The van der Waals surface area contributed by atoms with Crippen LogP contribution in [0.4, 0.5) is 4.39 Å². The average Bonchev–Trinajstić information content (AvgIpc) is 2.25. The van der Waals surface area contributed by atoms with Gasteiger partial charge < -0.3 is 5.32 Å². The SMILES string of the molecule is Fc1ccc(I)cc1CN1CCNCC1. The molecule has 2 rings (SSSR count). The van der Waals surface area contributed by atoms with Gasteiger partial charge in [0.25, 0.3) is 0 Å². The van der Waals surface area contributed by atoms with Crippen LogP contribution in [0.5, 0.6) is 0 Å². The van der Waals surface area contributed by atoms with Crippen molar-refractivity contribution in [2.75, 3.05) is 26.2 Å². The molecule has 1 aliphatic heterocycles. The van der Waals surface area contributed by atoms with E-state index in [1.807, 2.05) is 6.07 Å². The second-order valence-corrected chi connectivity index (χ2v) is 5.01. The van der Waals surface area contributed by atoms with Crippen LogP contribution in [-0.4, -0.2) is 31.1 Å². The van der Waals surface area contributed by atoms with Crippen LogP contribution in [0.2, 0.25) is 0 Å². The summed E-state index contributed by atoms with van der Waals surface area (Å²) in [5.74, 6) is -0.0889. The van der Waals surface area contributed by atoms with Gasteiger partial charge in [-0.15, -0.1) is 0 Å². The Hall–Kier alpha value is -0.200. The highest BCUT2D eigenvalue weighted by Gasteiger charge is 2.12. The molecule has 1 aromatic carbocycles. The summed E-state index contributed by atoms with van der Waals surface area (Å²) in [5, 5.41) is 3.29. The lowest BCUT2D eigenvalue weighted by atomic mass is 10.2. The highest BCUT2D eigenvalue weighted by Crippen LogP contribution is 2.14. The van der Waals surface area contributed by atoms with Crippen molar-refractivity contribution in [3.8, 4) is 0 Å². The summed E-state index contributed by atoms with van der Waals surface area (Å²) in [6.45, 7) is 4.75. The number of nitrogens with zero attached hydrogens (tertiary/aromatic N) is 1. The molecule has 0 unspecified atom stereocenters. The molecule has 0 atom stereocenters. The fourth-order valence-corrected chi connectivity index (χ4v) is 2.33. The van der Waals surface area contributed by atoms with E-state index in [0.29, 0.717) is 0 Å². The van der Waals surface area contributed by atoms with Gasteiger partial charge in [0, 0.05) is 41.9 Å². The molecule has 0 aliphatic carbocycles. The van der Waals surface area contributed by atoms with Crippen molar-refractivity contribution in [3.05, 3.63) is 33.1 Å². The molecule has 4 heteroatoms. The molecule has 1 heterocycles. The molecule has 1 aliphatic rings. The number of piperazine rings is 1. The molecule has 1 aromatic rings. The standard InChI is InChI=1S/C11H14FIN2/c12-11-2-1-10(13)7-9(11)8-15-5-3-14-4-6-15/h1-2,7,14H,3-6,8H2. The highest BCUT2D eigenvalue weighted by atomic mass is 127. The summed E-state index contributed by atoms with van der Waals surface area (Å²) in [6.07, 6.45) is 0. The molecule has 2 nitrogen and oxygen atoms in total. The Kier molecular flexibility index (Phi) is 3.93. The van der Waals surface area contributed by atoms with Crippen molar-refractivity contribution in [2.24, 2.45) is 0 Å². The molecule has 0 bridgehead atoms. The summed E-state index contributed by atoms with van der Waals surface area (Å²) in [5.41, 5.74) is 0.809. The van der Waals surface area contributed by atoms with E-state index in [2.05, 4.69) is 32.8 Å². The third-order valence-corrected chi connectivity index (χ3v) is 3.28. The molecular formula is C11H14FIN2. The molecule has 0 aromatic heterocycles. The molecule has 82 valence electrons. The second-order valence-electron chi connectivity index (χ2n) is 3.76. The normalized spacial score (nSPS) is 18.0. The molecule has 1 N–H and O–H groups in total. The maximum atomic E-state index is 13.5. The van der Waals surface area contributed by atoms with E-state index in [0.717, 1.165) is 41.9 Å². The van der Waals surface area contributed by atoms with Crippen LogP contribution in [-0.2, 0) is 6.54 Å². The van der Waals surface area contributed by atoms with Crippen LogP contribution >= 0.6 is 22.6 Å². The van der Waals surface area contributed by atoms with Gasteiger partial charge in [0.05, 0.1) is 0 Å². The largest absolute Gasteiger partial charge is 0.314 e. The van der Waals surface area contributed by atoms with E-state index in [9.17, 15) is 4.39 Å². The number of benzene rings is 1. The van der Waals surface area contributed by atoms with E-state index >= 15 is 0 Å². The second kappa shape index (κ2) is 5.23. The summed E-state index contributed by atoms with van der Waals surface area (Å²) in [4.78, 5) is 2.28. The summed E-state index contributed by atoms with van der Waals surface area (Å²) in [6, 6.07) is 5.29. The maximum absolute atomic E-state index is 13.5. The van der Waals surface area contributed by atoms with Crippen molar-refractivity contribution < 1.29 is 4.39 Å². The molecular weight excluding hydrogens is 306 g/mol. The molecule has 1 fully saturated rings. The van der Waals surface area contributed by atoms with Crippen LogP contribution in [0.3, 0.4) is 0 Å². The van der Waals surface area contributed by atoms with Gasteiger partial charge in [0.15, 0.2) is 0 Å². The Morgan fingerprint density at radius 1 is 1.33 bits per heavy atom. The topological polar surface area (TPSA) is 15.3 Å². The third kappa shape index (κ3) is 3.12. The van der Waals surface area contributed by atoms with Crippen molar-refractivity contribution in [1.29, 1.82) is 0 Å². The third-order valence-electron chi connectivity index (χ3n) is 2.61. The molecule has 0 spiro atoms. The van der Waals surface area contributed by atoms with Crippen molar-refractivity contribution in [2.45, 2.75) is 6.54 Å². The Morgan fingerprint density at radius 3 is 2.80 bits per heavy atom. The van der Waals surface area contributed by atoms with Gasteiger partial charge in [0.1, 0.15) is 5.82 Å². The van der Waals surface area contributed by atoms with Crippen molar-refractivity contribution in [3.63, 3.8) is 0 Å². The van der Waals surface area contributed by atoms with E-state index in [1.165, 1.54) is 0 Å². The smallest absolute Gasteiger partial charge is 0.127 e. The van der Waals surface area contributed by atoms with Gasteiger partial charge >= 0.3 is 0 Å². The van der Waals surface area contributed by atoms with E-state index in [1.54, 1.807) is 12.1 Å². The van der Waals surface area contributed by atoms with Crippen molar-refractivity contribution in [1.82, 2.24) is 10.2 Å². The monoisotopic (exact) mass is 320 g/mol. The zero-order chi connectivity index (χ0) is 10.7. The summed E-state index contributed by atoms with van der Waals surface area (Å²) >= 11 is 2.22. The Balaban J connectivity index is 2.05. The molecule has 0 amide bonds. The fraction of sp³-hybridized carbons (Fsp3) is 0.455. The zero-order valence-corrected chi connectivity index (χ0v) is 10.6. The predicted molar refractivity (Wildman–Crippen MR) is 67.3 cm³/mol. The molecule has 0 radical (unpaired) electrons. The van der Waals surface area contributed by atoms with E-state index in [4.69, 9.17) is 0 Å². The highest BCUT2D eigenvalue weighted by molar-refractivity contribution is 14.1. The average molecular weight is 320 g/mol. The van der Waals surface area contributed by atoms with Gasteiger partial charge in [-0.05, 0) is 40.8 Å². The fourth-order valence-electron chi connectivity index (χ4n) is 1.77. The van der Waals surface area contributed by atoms with Gasteiger partial charge in [-0.1, -0.05) is 0 Å². The minimum Gasteiger partial charge on any atom is -0.314 e. The lowest BCUT2D eigenvalue weighted by molar-refractivity contribution is 0.230. The van der Waals surface area contributed by atoms with Gasteiger partial charge in [-0.25, -0.2) is 4.39 Å². The number of rotatable bonds is 2. The number of nitrogens with one attached hydrogen (secondary N) is 1. The minimum absolute atomic E-state index is 0.0889. The minimum atomic E-state index is -0.0889. The van der Waals surface area contributed by atoms with Crippen LogP contribution in [0.25, 0.3) is 0 Å². The lowest BCUT2D eigenvalue weighted by Crippen LogP contribution is -2.43. The maximum Gasteiger partial charge on any atom is 0.127 e. The zero-order valence-electron chi connectivity index (χ0n) is 8.47. The van der Waals surface area contributed by atoms with Gasteiger partial charge in [-0.3, -0.25) is 4.90 Å². The predicted octanol–water partition coefficient (Wildman–Crippen LogP) is 1.84. The lowest BCUT2D eigenvalue weighted by Gasteiger charge is -2.27. The first-order valence-electron chi connectivity index (χ1n) is 5.13. The molecule has 1 saturated heterocycles. The van der Waals surface area contributed by atoms with Crippen LogP contribution < -0.4 is 5.32 Å². The summed E-state index contributed by atoms with van der Waals surface area (Å²) in [7, 11) is 0. The van der Waals surface area contributed by atoms with Gasteiger partial charge in [0.2, 0.25) is 0 Å². The van der Waals surface area contributed by atoms with Crippen LogP contribution in [0.1, 0.15) is 5.56 Å². The Morgan fingerprint density at radius 2 is 2.07 bits per heavy atom. The number of halogens is 2. The quantitative estimate of drug-likeness (QED) is 0.837. The number of hydrogen-bond donors (Lipinski definition) is 1. The van der Waals surface area contributed by atoms with Crippen LogP contribution in [0.15, 0.2) is 18.2 Å². The molecule has 0 saturated carbocycles. The van der Waals surface area contributed by atoms with E-state index in [-0.39, 0.29) is 5.82 Å². The summed E-state index contributed by atoms with van der Waals surface area (Å²) < 4.78 is 14.6. The number of hydrogen-bond acceptors (Lipinski definition) is 2. The Bertz CT molecular complexity index is 337. The van der Waals surface area contributed by atoms with Gasteiger partial charge in [-0.2, -0.15) is 0 Å².